The Kier molecular flexibility index (Phi) is 3.01. The highest BCUT2D eigenvalue weighted by Crippen LogP contribution is 2.17. The maximum atomic E-state index is 13.0. The largest absolute Gasteiger partial charge is 0.396 e. The zero-order chi connectivity index (χ0) is 13.3. The lowest BCUT2D eigenvalue weighted by molar-refractivity contribution is 0.102. The molecule has 1 amide bonds. The fraction of sp³-hybridized carbons (Fsp3) is 0.167. The van der Waals surface area contributed by atoms with Crippen LogP contribution in [0, 0.1) is 12.7 Å². The van der Waals surface area contributed by atoms with Gasteiger partial charge in [-0.2, -0.15) is 5.10 Å². The molecule has 0 atom stereocenters. The summed E-state index contributed by atoms with van der Waals surface area (Å²) in [5.41, 5.74) is 7.02. The molecule has 0 aliphatic heterocycles. The predicted octanol–water partition coefficient (Wildman–Crippen LogP) is 1.70. The second-order valence-corrected chi connectivity index (χ2v) is 3.98. The van der Waals surface area contributed by atoms with E-state index >= 15 is 0 Å². The lowest BCUT2D eigenvalue weighted by atomic mass is 10.2. The van der Waals surface area contributed by atoms with Gasteiger partial charge in [0.2, 0.25) is 0 Å². The number of nitrogens with zero attached hydrogens (tertiary/aromatic N) is 2. The molecule has 1 heterocycles. The van der Waals surface area contributed by atoms with Crippen LogP contribution in [0.1, 0.15) is 16.2 Å². The highest BCUT2D eigenvalue weighted by atomic mass is 19.1. The van der Waals surface area contributed by atoms with E-state index in [1.54, 1.807) is 17.8 Å². The van der Waals surface area contributed by atoms with E-state index in [1.165, 1.54) is 18.2 Å². The van der Waals surface area contributed by atoms with Gasteiger partial charge in [0.25, 0.3) is 5.91 Å². The van der Waals surface area contributed by atoms with E-state index in [-0.39, 0.29) is 11.6 Å². The van der Waals surface area contributed by atoms with Crippen LogP contribution < -0.4 is 11.1 Å². The van der Waals surface area contributed by atoms with Crippen molar-refractivity contribution in [1.82, 2.24) is 9.78 Å². The smallest absolute Gasteiger partial charge is 0.276 e. The van der Waals surface area contributed by atoms with Crippen LogP contribution in [0.4, 0.5) is 15.8 Å². The van der Waals surface area contributed by atoms with E-state index in [9.17, 15) is 9.18 Å². The fourth-order valence-electron chi connectivity index (χ4n) is 1.49. The first-order chi connectivity index (χ1) is 8.47. The molecule has 0 bridgehead atoms. The number of hydrogen-bond acceptors (Lipinski definition) is 3. The molecule has 94 valence electrons. The Morgan fingerprint density at radius 2 is 2.17 bits per heavy atom. The molecule has 0 aliphatic carbocycles. The summed E-state index contributed by atoms with van der Waals surface area (Å²) in [6.07, 6.45) is 0. The monoisotopic (exact) mass is 248 g/mol. The third-order valence-electron chi connectivity index (χ3n) is 2.60. The highest BCUT2D eigenvalue weighted by molar-refractivity contribution is 6.03. The highest BCUT2D eigenvalue weighted by Gasteiger charge is 2.11. The topological polar surface area (TPSA) is 72.9 Å². The number of rotatable bonds is 2. The quantitative estimate of drug-likeness (QED) is 0.794. The lowest BCUT2D eigenvalue weighted by Crippen LogP contribution is -2.13. The number of carbonyl (C=O) groups is 1. The molecule has 2 rings (SSSR count). The minimum Gasteiger partial charge on any atom is -0.396 e. The Morgan fingerprint density at radius 1 is 1.44 bits per heavy atom. The Hall–Kier alpha value is -2.37. The molecule has 0 spiro atoms. The normalized spacial score (nSPS) is 10.4. The van der Waals surface area contributed by atoms with Gasteiger partial charge in [0.15, 0.2) is 5.69 Å². The molecular formula is C12H13FN4O. The second-order valence-electron chi connectivity index (χ2n) is 3.98. The molecule has 1 aromatic carbocycles. The van der Waals surface area contributed by atoms with E-state index in [0.717, 1.165) is 5.69 Å². The molecule has 3 N–H and O–H groups in total. The van der Waals surface area contributed by atoms with Gasteiger partial charge in [0, 0.05) is 18.4 Å². The summed E-state index contributed by atoms with van der Waals surface area (Å²) in [6, 6.07) is 5.68. The van der Waals surface area contributed by atoms with Gasteiger partial charge < -0.3 is 11.1 Å². The van der Waals surface area contributed by atoms with Crippen LogP contribution in [0.3, 0.4) is 0 Å². The fourth-order valence-corrected chi connectivity index (χ4v) is 1.49. The minimum atomic E-state index is -0.512. The third kappa shape index (κ3) is 2.32. The van der Waals surface area contributed by atoms with E-state index in [0.29, 0.717) is 11.4 Å². The molecule has 0 radical (unpaired) electrons. The van der Waals surface area contributed by atoms with Gasteiger partial charge in [-0.15, -0.1) is 0 Å². The number of halogens is 1. The first-order valence-electron chi connectivity index (χ1n) is 5.34. The number of nitrogen functional groups attached to an aromatic ring is 1. The SMILES string of the molecule is Cc1cc(C(=O)Nc2ccc(F)c(N)c2)nn1C. The molecule has 2 aromatic rings. The van der Waals surface area contributed by atoms with Crippen LogP contribution in [0.2, 0.25) is 0 Å². The Balaban J connectivity index is 2.18. The van der Waals surface area contributed by atoms with Gasteiger partial charge in [-0.25, -0.2) is 4.39 Å². The van der Waals surface area contributed by atoms with Crippen molar-refractivity contribution in [2.75, 3.05) is 11.1 Å². The zero-order valence-electron chi connectivity index (χ0n) is 10.1. The second kappa shape index (κ2) is 4.48. The van der Waals surface area contributed by atoms with Crippen LogP contribution >= 0.6 is 0 Å². The van der Waals surface area contributed by atoms with Crippen LogP contribution in [0.25, 0.3) is 0 Å². The van der Waals surface area contributed by atoms with Crippen molar-refractivity contribution in [3.8, 4) is 0 Å². The summed E-state index contributed by atoms with van der Waals surface area (Å²) >= 11 is 0. The summed E-state index contributed by atoms with van der Waals surface area (Å²) < 4.78 is 14.6. The molecule has 1 aromatic heterocycles. The number of anilines is 2. The van der Waals surface area contributed by atoms with Crippen LogP contribution in [-0.4, -0.2) is 15.7 Å². The van der Waals surface area contributed by atoms with Crippen LogP contribution in [-0.2, 0) is 7.05 Å². The molecule has 0 fully saturated rings. The zero-order valence-corrected chi connectivity index (χ0v) is 10.1. The van der Waals surface area contributed by atoms with Gasteiger partial charge in [0.1, 0.15) is 5.82 Å². The molecule has 0 aliphatic rings. The first kappa shape index (κ1) is 12.1. The van der Waals surface area contributed by atoms with Crippen molar-refractivity contribution in [2.45, 2.75) is 6.92 Å². The van der Waals surface area contributed by atoms with Crippen molar-refractivity contribution in [1.29, 1.82) is 0 Å². The van der Waals surface area contributed by atoms with Crippen molar-refractivity contribution < 1.29 is 9.18 Å². The van der Waals surface area contributed by atoms with Crippen LogP contribution in [0.5, 0.6) is 0 Å². The number of amides is 1. The maximum absolute atomic E-state index is 13.0. The van der Waals surface area contributed by atoms with Crippen molar-refractivity contribution in [3.63, 3.8) is 0 Å². The summed E-state index contributed by atoms with van der Waals surface area (Å²) in [4.78, 5) is 11.9. The summed E-state index contributed by atoms with van der Waals surface area (Å²) in [5, 5.41) is 6.65. The lowest BCUT2D eigenvalue weighted by Gasteiger charge is -2.04. The van der Waals surface area contributed by atoms with E-state index in [4.69, 9.17) is 5.73 Å². The standard InChI is InChI=1S/C12H13FN4O/c1-7-5-11(16-17(7)2)12(18)15-8-3-4-9(13)10(14)6-8/h3-6H,14H2,1-2H3,(H,15,18). The number of nitrogens with two attached hydrogens (primary N) is 1. The van der Waals surface area contributed by atoms with E-state index in [1.807, 2.05) is 6.92 Å². The Bertz CT molecular complexity index is 587. The first-order valence-corrected chi connectivity index (χ1v) is 5.34. The number of benzene rings is 1. The third-order valence-corrected chi connectivity index (χ3v) is 2.60. The summed E-state index contributed by atoms with van der Waals surface area (Å²) in [6.45, 7) is 1.85. The molecule has 6 heteroatoms. The minimum absolute atomic E-state index is 0.00926. The average Bonchev–Trinajstić information content (AvgIpc) is 2.65. The summed E-state index contributed by atoms with van der Waals surface area (Å²) in [5.74, 6) is -0.869. The Labute approximate surface area is 103 Å². The van der Waals surface area contributed by atoms with Crippen LogP contribution in [0.15, 0.2) is 24.3 Å². The number of nitrogens with one attached hydrogen (secondary N) is 1. The molecular weight excluding hydrogens is 235 g/mol. The van der Waals surface area contributed by atoms with Gasteiger partial charge in [-0.05, 0) is 31.2 Å². The summed E-state index contributed by atoms with van der Waals surface area (Å²) in [7, 11) is 1.75. The molecule has 18 heavy (non-hydrogen) atoms. The number of aromatic nitrogens is 2. The number of hydrogen-bond donors (Lipinski definition) is 2. The molecule has 0 saturated heterocycles. The molecule has 5 nitrogen and oxygen atoms in total. The van der Waals surface area contributed by atoms with Gasteiger partial charge in [-0.1, -0.05) is 0 Å². The molecule has 0 unspecified atom stereocenters. The van der Waals surface area contributed by atoms with Crippen molar-refractivity contribution >= 4 is 17.3 Å². The van der Waals surface area contributed by atoms with Gasteiger partial charge in [-0.3, -0.25) is 9.48 Å². The van der Waals surface area contributed by atoms with Gasteiger partial charge >= 0.3 is 0 Å². The molecule has 0 saturated carbocycles. The predicted molar refractivity (Wildman–Crippen MR) is 66.7 cm³/mol. The van der Waals surface area contributed by atoms with Crippen molar-refractivity contribution in [3.05, 3.63) is 41.5 Å². The number of carbonyl (C=O) groups excluding carboxylic acids is 1. The van der Waals surface area contributed by atoms with E-state index < -0.39 is 5.82 Å². The average molecular weight is 248 g/mol. The number of aryl methyl sites for hydroxylation is 2. The maximum Gasteiger partial charge on any atom is 0.276 e. The van der Waals surface area contributed by atoms with Gasteiger partial charge in [0.05, 0.1) is 5.69 Å². The Morgan fingerprint density at radius 3 is 2.72 bits per heavy atom. The van der Waals surface area contributed by atoms with Crippen molar-refractivity contribution in [2.24, 2.45) is 7.05 Å². The van der Waals surface area contributed by atoms with E-state index in [2.05, 4.69) is 10.4 Å².